The second-order valence-electron chi connectivity index (χ2n) is 6.78. The van der Waals surface area contributed by atoms with Crippen LogP contribution in [0.1, 0.15) is 18.2 Å². The van der Waals surface area contributed by atoms with Gasteiger partial charge in [-0.1, -0.05) is 30.3 Å². The molecule has 4 rings (SSSR count). The van der Waals surface area contributed by atoms with Crippen LogP contribution in [0.5, 0.6) is 0 Å². The van der Waals surface area contributed by atoms with Crippen LogP contribution in [-0.4, -0.2) is 30.6 Å². The normalized spacial score (nSPS) is 13.5. The highest BCUT2D eigenvalue weighted by atomic mass is 79.9. The van der Waals surface area contributed by atoms with Crippen LogP contribution < -0.4 is 9.80 Å². The molecule has 30 heavy (non-hydrogen) atoms. The van der Waals surface area contributed by atoms with Gasteiger partial charge in [-0.3, -0.25) is 9.59 Å². The first-order chi connectivity index (χ1) is 14.6. The van der Waals surface area contributed by atoms with Gasteiger partial charge < -0.3 is 9.80 Å². The molecule has 1 aliphatic heterocycles. The number of para-hydroxylation sites is 3. The first kappa shape index (κ1) is 20.5. The SMILES string of the molecule is CCN(C(=O)CN1C(=O)CC(c2ccc(Br)s2)=Nc2ccccc21)c1ccccc1. The number of nitrogens with zero attached hydrogens (tertiary/aromatic N) is 3. The molecule has 0 unspecified atom stereocenters. The van der Waals surface area contributed by atoms with E-state index in [9.17, 15) is 9.59 Å². The standard InChI is InChI=1S/C23H20BrN3O2S/c1-2-26(16-8-4-3-5-9-16)23(29)15-27-19-11-7-6-10-17(19)25-18(14-22(27)28)20-12-13-21(24)30-20/h3-13H,2,14-15H2,1H3. The van der Waals surface area contributed by atoms with Crippen LogP contribution in [0.4, 0.5) is 17.1 Å². The number of anilines is 2. The Balaban J connectivity index is 1.65. The second kappa shape index (κ2) is 8.93. The van der Waals surface area contributed by atoms with Crippen molar-refractivity contribution in [2.45, 2.75) is 13.3 Å². The molecule has 1 aromatic heterocycles. The lowest BCUT2D eigenvalue weighted by molar-refractivity contribution is -0.121. The Labute approximate surface area is 187 Å². The number of fused-ring (bicyclic) bond motifs is 1. The van der Waals surface area contributed by atoms with Crippen molar-refractivity contribution in [1.82, 2.24) is 0 Å². The van der Waals surface area contributed by atoms with Gasteiger partial charge in [-0.25, -0.2) is 4.99 Å². The van der Waals surface area contributed by atoms with Gasteiger partial charge in [-0.15, -0.1) is 11.3 Å². The number of rotatable bonds is 5. The van der Waals surface area contributed by atoms with E-state index in [2.05, 4.69) is 15.9 Å². The van der Waals surface area contributed by atoms with Gasteiger partial charge in [-0.2, -0.15) is 0 Å². The zero-order valence-corrected chi connectivity index (χ0v) is 18.8. The topological polar surface area (TPSA) is 53.0 Å². The molecular weight excluding hydrogens is 462 g/mol. The fourth-order valence-corrected chi connectivity index (χ4v) is 4.83. The summed E-state index contributed by atoms with van der Waals surface area (Å²) in [5, 5.41) is 0. The predicted octanol–water partition coefficient (Wildman–Crippen LogP) is 5.42. The molecule has 5 nitrogen and oxygen atoms in total. The Hall–Kier alpha value is -2.77. The molecule has 3 aromatic rings. The molecule has 0 N–H and O–H groups in total. The molecule has 0 radical (unpaired) electrons. The summed E-state index contributed by atoms with van der Waals surface area (Å²) in [5.74, 6) is -0.269. The molecule has 0 spiro atoms. The molecule has 152 valence electrons. The molecule has 2 aromatic carbocycles. The summed E-state index contributed by atoms with van der Waals surface area (Å²) in [5.41, 5.74) is 2.89. The quantitative estimate of drug-likeness (QED) is 0.488. The van der Waals surface area contributed by atoms with Gasteiger partial charge >= 0.3 is 0 Å². The van der Waals surface area contributed by atoms with Gasteiger partial charge in [0.1, 0.15) is 6.54 Å². The minimum absolute atomic E-state index is 0.0322. The highest BCUT2D eigenvalue weighted by Gasteiger charge is 2.28. The average molecular weight is 482 g/mol. The maximum Gasteiger partial charge on any atom is 0.247 e. The molecule has 0 atom stereocenters. The first-order valence-electron chi connectivity index (χ1n) is 9.65. The van der Waals surface area contributed by atoms with Crippen molar-refractivity contribution in [2.24, 2.45) is 4.99 Å². The van der Waals surface area contributed by atoms with Crippen molar-refractivity contribution in [3.8, 4) is 0 Å². The molecular formula is C23H20BrN3O2S. The third-order valence-corrected chi connectivity index (χ3v) is 6.56. The number of amides is 2. The highest BCUT2D eigenvalue weighted by molar-refractivity contribution is 9.11. The number of carbonyl (C=O) groups excluding carboxylic acids is 2. The van der Waals surface area contributed by atoms with E-state index in [1.54, 1.807) is 21.1 Å². The van der Waals surface area contributed by atoms with E-state index in [0.717, 1.165) is 14.4 Å². The van der Waals surface area contributed by atoms with E-state index in [0.29, 0.717) is 23.6 Å². The summed E-state index contributed by atoms with van der Waals surface area (Å²) in [7, 11) is 0. The Morgan fingerprint density at radius 3 is 2.53 bits per heavy atom. The Morgan fingerprint density at radius 1 is 1.10 bits per heavy atom. The summed E-state index contributed by atoms with van der Waals surface area (Å²) in [4.78, 5) is 35.3. The number of aliphatic imine (C=N–C) groups is 1. The van der Waals surface area contributed by atoms with Crippen molar-refractivity contribution in [3.05, 3.63) is 75.4 Å². The van der Waals surface area contributed by atoms with Crippen LogP contribution in [0.2, 0.25) is 0 Å². The molecule has 0 fully saturated rings. The maximum absolute atomic E-state index is 13.2. The minimum Gasteiger partial charge on any atom is -0.311 e. The monoisotopic (exact) mass is 481 g/mol. The molecule has 0 bridgehead atoms. The summed E-state index contributed by atoms with van der Waals surface area (Å²) in [6.07, 6.45) is 0.145. The van der Waals surface area contributed by atoms with E-state index in [1.165, 1.54) is 0 Å². The molecule has 0 saturated heterocycles. The second-order valence-corrected chi connectivity index (χ2v) is 9.24. The Morgan fingerprint density at radius 2 is 1.83 bits per heavy atom. The van der Waals surface area contributed by atoms with Gasteiger partial charge in [0.25, 0.3) is 0 Å². The number of likely N-dealkylation sites (N-methyl/N-ethyl adjacent to an activating group) is 1. The summed E-state index contributed by atoms with van der Waals surface area (Å²) in [6.45, 7) is 2.42. The van der Waals surface area contributed by atoms with Crippen LogP contribution in [0, 0.1) is 0 Å². The predicted molar refractivity (Wildman–Crippen MR) is 126 cm³/mol. The lowest BCUT2D eigenvalue weighted by Gasteiger charge is -2.27. The fourth-order valence-electron chi connectivity index (χ4n) is 3.46. The van der Waals surface area contributed by atoms with Gasteiger partial charge in [0.2, 0.25) is 11.8 Å². The molecule has 2 amide bonds. The van der Waals surface area contributed by atoms with Gasteiger partial charge in [0.05, 0.1) is 32.2 Å². The lowest BCUT2D eigenvalue weighted by atomic mass is 10.2. The number of thiophene rings is 1. The van der Waals surface area contributed by atoms with Crippen molar-refractivity contribution in [1.29, 1.82) is 0 Å². The Bertz CT molecular complexity index is 1110. The number of benzene rings is 2. The van der Waals surface area contributed by atoms with Gasteiger partial charge in [0.15, 0.2) is 0 Å². The van der Waals surface area contributed by atoms with Crippen LogP contribution in [0.25, 0.3) is 0 Å². The summed E-state index contributed by atoms with van der Waals surface area (Å²) in [6, 6.07) is 20.9. The molecule has 0 saturated carbocycles. The zero-order valence-electron chi connectivity index (χ0n) is 16.4. The zero-order chi connectivity index (χ0) is 21.1. The fraction of sp³-hybridized carbons (Fsp3) is 0.174. The molecule has 0 aliphatic carbocycles. The van der Waals surface area contributed by atoms with E-state index < -0.39 is 0 Å². The molecule has 7 heteroatoms. The van der Waals surface area contributed by atoms with Crippen LogP contribution in [0.3, 0.4) is 0 Å². The van der Waals surface area contributed by atoms with Crippen LogP contribution >= 0.6 is 27.3 Å². The van der Waals surface area contributed by atoms with E-state index in [-0.39, 0.29) is 24.8 Å². The maximum atomic E-state index is 13.2. The number of halogens is 1. The van der Waals surface area contributed by atoms with Gasteiger partial charge in [-0.05, 0) is 59.3 Å². The van der Waals surface area contributed by atoms with Crippen molar-refractivity contribution in [2.75, 3.05) is 22.9 Å². The van der Waals surface area contributed by atoms with E-state index in [4.69, 9.17) is 4.99 Å². The van der Waals surface area contributed by atoms with Crippen LogP contribution in [0.15, 0.2) is 75.5 Å². The van der Waals surface area contributed by atoms with Crippen molar-refractivity contribution >= 4 is 61.9 Å². The third-order valence-electron chi connectivity index (χ3n) is 4.88. The number of hydrogen-bond acceptors (Lipinski definition) is 4. The minimum atomic E-state index is -0.138. The summed E-state index contributed by atoms with van der Waals surface area (Å²) >= 11 is 5.01. The van der Waals surface area contributed by atoms with Gasteiger partial charge in [0, 0.05) is 12.2 Å². The van der Waals surface area contributed by atoms with Crippen LogP contribution in [-0.2, 0) is 9.59 Å². The number of carbonyl (C=O) groups is 2. The van der Waals surface area contributed by atoms with Crippen molar-refractivity contribution < 1.29 is 9.59 Å². The summed E-state index contributed by atoms with van der Waals surface area (Å²) < 4.78 is 0.985. The first-order valence-corrected chi connectivity index (χ1v) is 11.3. The lowest BCUT2D eigenvalue weighted by Crippen LogP contribution is -2.43. The molecule has 2 heterocycles. The largest absolute Gasteiger partial charge is 0.311 e. The van der Waals surface area contributed by atoms with E-state index >= 15 is 0 Å². The third kappa shape index (κ3) is 4.22. The average Bonchev–Trinajstić information content (AvgIpc) is 3.14. The highest BCUT2D eigenvalue weighted by Crippen LogP contribution is 2.34. The Kier molecular flexibility index (Phi) is 6.11. The number of hydrogen-bond donors (Lipinski definition) is 0. The van der Waals surface area contributed by atoms with Crippen molar-refractivity contribution in [3.63, 3.8) is 0 Å². The molecule has 1 aliphatic rings. The smallest absolute Gasteiger partial charge is 0.247 e. The van der Waals surface area contributed by atoms with E-state index in [1.807, 2.05) is 73.7 Å².